The lowest BCUT2D eigenvalue weighted by atomic mass is 10.1. The van der Waals surface area contributed by atoms with Crippen molar-refractivity contribution in [3.05, 3.63) is 72.1 Å². The Balaban J connectivity index is 1.16. The van der Waals surface area contributed by atoms with Gasteiger partial charge >= 0.3 is 0 Å². The fraction of sp³-hybridized carbons (Fsp3) is 0.320. The van der Waals surface area contributed by atoms with Crippen molar-refractivity contribution >= 4 is 17.0 Å². The van der Waals surface area contributed by atoms with Gasteiger partial charge < -0.3 is 19.3 Å². The molecule has 0 bridgehead atoms. The molecule has 1 aromatic heterocycles. The number of hydrogen-bond acceptors (Lipinski definition) is 7. The zero-order valence-electron chi connectivity index (χ0n) is 18.4. The Morgan fingerprint density at radius 1 is 1.06 bits per heavy atom. The first-order chi connectivity index (χ1) is 16.5. The highest BCUT2D eigenvalue weighted by molar-refractivity contribution is 7.81. The quantitative estimate of drug-likeness (QED) is 0.443. The van der Waals surface area contributed by atoms with Crippen LogP contribution in [0.15, 0.2) is 60.9 Å². The van der Waals surface area contributed by atoms with Gasteiger partial charge in [0.1, 0.15) is 17.2 Å². The van der Waals surface area contributed by atoms with Crippen LogP contribution in [0.5, 0.6) is 11.5 Å². The van der Waals surface area contributed by atoms with Crippen LogP contribution < -0.4 is 14.8 Å². The van der Waals surface area contributed by atoms with E-state index in [1.807, 2.05) is 24.3 Å². The van der Waals surface area contributed by atoms with Crippen LogP contribution in [0.4, 0.5) is 0 Å². The van der Waals surface area contributed by atoms with Crippen LogP contribution in [0.1, 0.15) is 41.6 Å². The van der Waals surface area contributed by atoms with Gasteiger partial charge in [-0.3, -0.25) is 9.00 Å². The highest BCUT2D eigenvalue weighted by Gasteiger charge is 2.45. The van der Waals surface area contributed by atoms with Crippen LogP contribution in [0.3, 0.4) is 0 Å². The average molecular weight is 479 g/mol. The summed E-state index contributed by atoms with van der Waals surface area (Å²) in [6, 6.07) is 14.4. The summed E-state index contributed by atoms with van der Waals surface area (Å²) in [5.74, 6) is 2.21. The van der Waals surface area contributed by atoms with Gasteiger partial charge in [0.05, 0.1) is 19.0 Å². The number of nitrogens with zero attached hydrogens (tertiary/aromatic N) is 2. The number of ether oxygens (including phenoxy) is 2. The molecule has 1 heterocycles. The Morgan fingerprint density at radius 3 is 2.44 bits per heavy atom. The van der Waals surface area contributed by atoms with Gasteiger partial charge in [0, 0.05) is 11.1 Å². The van der Waals surface area contributed by atoms with E-state index in [2.05, 4.69) is 15.3 Å². The first-order valence-electron chi connectivity index (χ1n) is 11.2. The largest absolute Gasteiger partial charge is 0.771 e. The second-order valence-corrected chi connectivity index (χ2v) is 9.94. The summed E-state index contributed by atoms with van der Waals surface area (Å²) < 4.78 is 34.1. The van der Waals surface area contributed by atoms with Crippen LogP contribution in [0, 0.1) is 5.92 Å². The molecule has 0 aliphatic heterocycles. The van der Waals surface area contributed by atoms with E-state index in [-0.39, 0.29) is 0 Å². The van der Waals surface area contributed by atoms with E-state index in [0.29, 0.717) is 48.3 Å². The minimum atomic E-state index is -2.32. The molecule has 34 heavy (non-hydrogen) atoms. The van der Waals surface area contributed by atoms with E-state index in [0.717, 1.165) is 17.7 Å². The molecule has 0 saturated heterocycles. The van der Waals surface area contributed by atoms with Gasteiger partial charge in [0.15, 0.2) is 11.6 Å². The maximum absolute atomic E-state index is 12.3. The maximum atomic E-state index is 12.3. The topological polar surface area (TPSA) is 113 Å². The maximum Gasteiger partial charge on any atom is 0.252 e. The standard InChI is InChI=1S/C25H25N3O5S/c29-24(28-25(10-11-25)34(30)31)19-8-6-18(7-9-19)15-32-21-3-1-2-20(12-21)23-26-13-22(14-27-23)33-16-17-4-5-17/h1-3,6-9,12-14,17H,4-5,10-11,15-16H2,(H,28,29)(H,30,31)/p-1. The fourth-order valence-corrected chi connectivity index (χ4v) is 4.02. The van der Waals surface area contributed by atoms with Gasteiger partial charge in [0.2, 0.25) is 0 Å². The molecule has 1 atom stereocenters. The van der Waals surface area contributed by atoms with E-state index in [1.165, 1.54) is 12.8 Å². The van der Waals surface area contributed by atoms with E-state index >= 15 is 0 Å². The zero-order chi connectivity index (χ0) is 23.5. The molecular weight excluding hydrogens is 454 g/mol. The zero-order valence-corrected chi connectivity index (χ0v) is 19.3. The molecule has 2 aromatic carbocycles. The predicted octanol–water partition coefficient (Wildman–Crippen LogP) is 3.61. The lowest BCUT2D eigenvalue weighted by molar-refractivity contribution is 0.0944. The number of carbonyl (C=O) groups excluding carboxylic acids is 1. The predicted molar refractivity (Wildman–Crippen MR) is 125 cm³/mol. The normalized spacial score (nSPS) is 17.0. The van der Waals surface area contributed by atoms with Crippen LogP contribution in [0.2, 0.25) is 0 Å². The van der Waals surface area contributed by atoms with Gasteiger partial charge in [0.25, 0.3) is 5.91 Å². The van der Waals surface area contributed by atoms with Crippen molar-refractivity contribution in [2.24, 2.45) is 5.92 Å². The van der Waals surface area contributed by atoms with Gasteiger partial charge in [-0.25, -0.2) is 9.97 Å². The van der Waals surface area contributed by atoms with E-state index in [4.69, 9.17) is 9.47 Å². The first kappa shape index (κ1) is 22.5. The smallest absolute Gasteiger partial charge is 0.252 e. The molecule has 0 spiro atoms. The number of benzene rings is 2. The second kappa shape index (κ2) is 9.52. The molecule has 1 N–H and O–H groups in total. The molecule has 2 saturated carbocycles. The van der Waals surface area contributed by atoms with Crippen LogP contribution in [0.25, 0.3) is 11.4 Å². The van der Waals surface area contributed by atoms with Crippen molar-refractivity contribution < 1.29 is 23.0 Å². The third-order valence-corrected chi connectivity index (χ3v) is 7.04. The van der Waals surface area contributed by atoms with E-state index in [9.17, 15) is 13.6 Å². The van der Waals surface area contributed by atoms with Crippen molar-refractivity contribution in [3.8, 4) is 22.9 Å². The Kier molecular flexibility index (Phi) is 6.30. The molecule has 1 amide bonds. The Hall–Kier alpha value is -3.30. The lowest BCUT2D eigenvalue weighted by Crippen LogP contribution is -2.40. The van der Waals surface area contributed by atoms with Gasteiger partial charge in [-0.05, 0) is 72.5 Å². The molecule has 1 unspecified atom stereocenters. The van der Waals surface area contributed by atoms with Crippen LogP contribution in [-0.2, 0) is 17.7 Å². The number of hydrogen-bond donors (Lipinski definition) is 1. The van der Waals surface area contributed by atoms with Gasteiger partial charge in [-0.15, -0.1) is 0 Å². The summed E-state index contributed by atoms with van der Waals surface area (Å²) in [7, 11) is 0. The summed E-state index contributed by atoms with van der Waals surface area (Å²) in [5, 5.41) is 2.60. The molecule has 176 valence electrons. The van der Waals surface area contributed by atoms with Crippen molar-refractivity contribution in [2.75, 3.05) is 6.61 Å². The SMILES string of the molecule is O=C(NC1(S(=O)[O-])CC1)c1ccc(COc2cccc(-c3ncc(OCC4CC4)cn3)c2)cc1. The molecule has 9 heteroatoms. The highest BCUT2D eigenvalue weighted by atomic mass is 32.2. The summed E-state index contributed by atoms with van der Waals surface area (Å²) >= 11 is -2.32. The summed E-state index contributed by atoms with van der Waals surface area (Å²) in [5.41, 5.74) is 2.12. The summed E-state index contributed by atoms with van der Waals surface area (Å²) in [6.45, 7) is 1.04. The minimum Gasteiger partial charge on any atom is -0.771 e. The van der Waals surface area contributed by atoms with Crippen LogP contribution >= 0.6 is 0 Å². The number of aromatic nitrogens is 2. The van der Waals surface area contributed by atoms with Crippen molar-refractivity contribution in [1.82, 2.24) is 15.3 Å². The molecule has 0 radical (unpaired) electrons. The Labute approximate surface area is 200 Å². The monoisotopic (exact) mass is 478 g/mol. The van der Waals surface area contributed by atoms with Crippen LogP contribution in [-0.4, -0.2) is 36.1 Å². The summed E-state index contributed by atoms with van der Waals surface area (Å²) in [4.78, 5) is 20.0. The molecule has 8 nitrogen and oxygen atoms in total. The number of nitrogens with one attached hydrogen (secondary N) is 1. The van der Waals surface area contributed by atoms with E-state index < -0.39 is 21.9 Å². The number of rotatable bonds is 10. The van der Waals surface area contributed by atoms with Gasteiger partial charge in [-0.1, -0.05) is 24.3 Å². The Bertz CT molecular complexity index is 1190. The van der Waals surface area contributed by atoms with Crippen molar-refractivity contribution in [1.29, 1.82) is 0 Å². The van der Waals surface area contributed by atoms with Gasteiger partial charge in [-0.2, -0.15) is 0 Å². The molecule has 5 rings (SSSR count). The Morgan fingerprint density at radius 2 is 1.79 bits per heavy atom. The third-order valence-electron chi connectivity index (χ3n) is 5.89. The minimum absolute atomic E-state index is 0.314. The molecule has 2 aliphatic rings. The lowest BCUT2D eigenvalue weighted by Gasteiger charge is -2.20. The van der Waals surface area contributed by atoms with Crippen molar-refractivity contribution in [2.45, 2.75) is 37.2 Å². The second-order valence-electron chi connectivity index (χ2n) is 8.69. The molecule has 2 aliphatic carbocycles. The molecule has 3 aromatic rings. The average Bonchev–Trinajstić information content (AvgIpc) is 3.79. The third kappa shape index (κ3) is 5.43. The van der Waals surface area contributed by atoms with E-state index in [1.54, 1.807) is 36.7 Å². The first-order valence-corrected chi connectivity index (χ1v) is 12.3. The number of carbonyl (C=O) groups is 1. The molecular formula is C25H24N3O5S-. The molecule has 2 fully saturated rings. The fourth-order valence-electron chi connectivity index (χ4n) is 3.41. The van der Waals surface area contributed by atoms with Crippen molar-refractivity contribution in [3.63, 3.8) is 0 Å². The summed E-state index contributed by atoms with van der Waals surface area (Å²) in [6.07, 6.45) is 6.74. The number of amides is 1. The highest BCUT2D eigenvalue weighted by Crippen LogP contribution is 2.38.